The van der Waals surface area contributed by atoms with Crippen molar-refractivity contribution >= 4 is 90.5 Å². The third kappa shape index (κ3) is 7.76. The molecule has 16 rings (SSSR count). The van der Waals surface area contributed by atoms with E-state index in [4.69, 9.17) is 4.42 Å². The standard InChI is InChI=1S/C83H92BN3O/c1-75(2,3)52-27-24-50(25-28-52)51-26-33-67-64(40-51)82(16)34-20-21-35-83(82,17)87(67)55-42-70-74-71(43-55)86(54-29-31-57-56-22-18-19-23-72(56)88-73(57)44-54)69-48-63-61(80(12,13)49-81(63,14)15)46-66(69)84(74)65-45-60-62(79(10,11)39-38-78(60,8)9)47-68(65)85(70)53-30-32-58-59(41-53)77(6,7)37-36-76(58,4)5/h18-19,22-33,40-48H,20-21,34-39,49H2,1-17H3. The van der Waals surface area contributed by atoms with Crippen LogP contribution in [-0.2, 0) is 43.3 Å². The van der Waals surface area contributed by atoms with Gasteiger partial charge in [-0.15, -0.1) is 0 Å². The molecule has 1 fully saturated rings. The summed E-state index contributed by atoms with van der Waals surface area (Å²) in [7, 11) is 0. The number of hydrogen-bond donors (Lipinski definition) is 0. The van der Waals surface area contributed by atoms with Crippen molar-refractivity contribution in [2.24, 2.45) is 0 Å². The van der Waals surface area contributed by atoms with Crippen molar-refractivity contribution < 1.29 is 4.42 Å². The van der Waals surface area contributed by atoms with Gasteiger partial charge < -0.3 is 19.1 Å². The maximum Gasteiger partial charge on any atom is 0.252 e. The second-order valence-corrected chi connectivity index (χ2v) is 34.1. The first-order chi connectivity index (χ1) is 41.4. The third-order valence-electron chi connectivity index (χ3n) is 24.7. The van der Waals surface area contributed by atoms with Crippen molar-refractivity contribution in [1.82, 2.24) is 0 Å². The summed E-state index contributed by atoms with van der Waals surface area (Å²) in [4.78, 5) is 8.37. The van der Waals surface area contributed by atoms with Crippen molar-refractivity contribution in [2.45, 2.75) is 224 Å². The first-order valence-corrected chi connectivity index (χ1v) is 33.7. The molecule has 0 bridgehead atoms. The van der Waals surface area contributed by atoms with E-state index in [9.17, 15) is 0 Å². The molecular weight excluding hydrogens is 1070 g/mol. The highest BCUT2D eigenvalue weighted by molar-refractivity contribution is 7.00. The lowest BCUT2D eigenvalue weighted by molar-refractivity contribution is 0.195. The van der Waals surface area contributed by atoms with Crippen LogP contribution in [0.25, 0.3) is 33.1 Å². The molecule has 1 aromatic heterocycles. The summed E-state index contributed by atoms with van der Waals surface area (Å²) in [5, 5.41) is 2.31. The molecule has 4 heterocycles. The summed E-state index contributed by atoms with van der Waals surface area (Å²) < 4.78 is 6.91. The number of hydrogen-bond acceptors (Lipinski definition) is 4. The van der Waals surface area contributed by atoms with Crippen LogP contribution in [0.3, 0.4) is 0 Å². The molecule has 88 heavy (non-hydrogen) atoms. The largest absolute Gasteiger partial charge is 0.456 e. The van der Waals surface area contributed by atoms with Gasteiger partial charge in [0.15, 0.2) is 0 Å². The minimum absolute atomic E-state index is 0.000478. The second kappa shape index (κ2) is 17.9. The van der Waals surface area contributed by atoms with Gasteiger partial charge in [0.1, 0.15) is 11.2 Å². The average molecular weight is 1160 g/mol. The number of furan rings is 1. The summed E-state index contributed by atoms with van der Waals surface area (Å²) in [5.74, 6) is 0. The Hall–Kier alpha value is -6.98. The molecule has 3 aliphatic heterocycles. The van der Waals surface area contributed by atoms with Crippen LogP contribution in [0.1, 0.15) is 220 Å². The van der Waals surface area contributed by atoms with Gasteiger partial charge in [0, 0.05) is 67.8 Å². The molecule has 0 spiro atoms. The normalized spacial score (nSPS) is 23.4. The number of benzene rings is 8. The number of anilines is 8. The molecule has 7 aliphatic rings. The lowest BCUT2D eigenvalue weighted by Gasteiger charge is -2.51. The van der Waals surface area contributed by atoms with Crippen LogP contribution in [0.2, 0.25) is 0 Å². The number of para-hydroxylation sites is 1. The van der Waals surface area contributed by atoms with E-state index in [-0.39, 0.29) is 55.6 Å². The molecular formula is C83H92BN3O. The van der Waals surface area contributed by atoms with Gasteiger partial charge in [0.25, 0.3) is 6.71 Å². The quantitative estimate of drug-likeness (QED) is 0.164. The number of nitrogens with zero attached hydrogens (tertiary/aromatic N) is 3. The minimum atomic E-state index is -0.211. The van der Waals surface area contributed by atoms with Crippen molar-refractivity contribution in [2.75, 3.05) is 14.7 Å². The molecule has 448 valence electrons. The average Bonchev–Trinajstić information content (AvgIpc) is 0.959. The summed E-state index contributed by atoms with van der Waals surface area (Å²) in [6.45, 7) is 42.2. The molecule has 0 radical (unpaired) electrons. The van der Waals surface area contributed by atoms with Gasteiger partial charge in [-0.3, -0.25) is 0 Å². The summed E-state index contributed by atoms with van der Waals surface area (Å²) >= 11 is 0. The predicted molar refractivity (Wildman–Crippen MR) is 376 cm³/mol. The minimum Gasteiger partial charge on any atom is -0.456 e. The Morgan fingerprint density at radius 2 is 0.898 bits per heavy atom. The Labute approximate surface area is 526 Å². The predicted octanol–water partition coefficient (Wildman–Crippen LogP) is 21.0. The zero-order valence-corrected chi connectivity index (χ0v) is 56.0. The molecule has 0 saturated heterocycles. The second-order valence-electron chi connectivity index (χ2n) is 34.1. The van der Waals surface area contributed by atoms with Gasteiger partial charge in [0.2, 0.25) is 0 Å². The smallest absolute Gasteiger partial charge is 0.252 e. The highest BCUT2D eigenvalue weighted by Crippen LogP contribution is 2.63. The van der Waals surface area contributed by atoms with Crippen LogP contribution in [0.5, 0.6) is 0 Å². The first kappa shape index (κ1) is 56.3. The summed E-state index contributed by atoms with van der Waals surface area (Å²) in [6.07, 6.45) is 10.4. The Balaban J connectivity index is 1.04. The van der Waals surface area contributed by atoms with Gasteiger partial charge in [-0.25, -0.2) is 0 Å². The molecule has 0 N–H and O–H groups in total. The van der Waals surface area contributed by atoms with Crippen molar-refractivity contribution in [3.05, 3.63) is 184 Å². The van der Waals surface area contributed by atoms with Crippen LogP contribution in [0.15, 0.2) is 144 Å². The van der Waals surface area contributed by atoms with Gasteiger partial charge in [-0.05, 0) is 229 Å². The van der Waals surface area contributed by atoms with E-state index in [1.807, 2.05) is 0 Å². The van der Waals surface area contributed by atoms with Crippen molar-refractivity contribution in [3.8, 4) is 11.1 Å². The highest BCUT2D eigenvalue weighted by atomic mass is 16.3. The molecule has 2 atom stereocenters. The topological polar surface area (TPSA) is 22.9 Å². The van der Waals surface area contributed by atoms with E-state index >= 15 is 0 Å². The third-order valence-corrected chi connectivity index (χ3v) is 24.7. The maximum absolute atomic E-state index is 6.91. The molecule has 2 unspecified atom stereocenters. The fourth-order valence-corrected chi connectivity index (χ4v) is 19.2. The molecule has 4 aliphatic carbocycles. The molecule has 8 aromatic carbocycles. The lowest BCUT2D eigenvalue weighted by Crippen LogP contribution is -2.62. The van der Waals surface area contributed by atoms with Crippen LogP contribution in [0, 0.1) is 0 Å². The Morgan fingerprint density at radius 1 is 0.386 bits per heavy atom. The fourth-order valence-electron chi connectivity index (χ4n) is 19.2. The summed E-state index contributed by atoms with van der Waals surface area (Å²) in [6, 6.07) is 56.6. The van der Waals surface area contributed by atoms with E-state index in [0.29, 0.717) is 0 Å². The Morgan fingerprint density at radius 3 is 1.52 bits per heavy atom. The first-order valence-electron chi connectivity index (χ1n) is 33.7. The number of rotatable bonds is 4. The Kier molecular flexibility index (Phi) is 11.5. The monoisotopic (exact) mass is 1160 g/mol. The SMILES string of the molecule is CC(C)(C)c1ccc(-c2ccc3c(c2)C2(C)CCCCC2(C)N3c2cc3c4c(c2)N(c2ccc5c(c2)oc2ccccc25)c2cc5c(cc2B4c2cc4c(cc2N3c2ccc3c(c2)C(C)(C)CCC3(C)C)C(C)(C)CCC4(C)C)C(C)(C)CC5(C)C)cc1. The lowest BCUT2D eigenvalue weighted by atomic mass is 9.33. The van der Waals surface area contributed by atoms with Crippen molar-refractivity contribution in [3.63, 3.8) is 0 Å². The van der Waals surface area contributed by atoms with E-state index in [0.717, 1.165) is 66.2 Å². The van der Waals surface area contributed by atoms with E-state index < -0.39 is 0 Å². The molecule has 0 amide bonds. The molecule has 9 aromatic rings. The van der Waals surface area contributed by atoms with Crippen molar-refractivity contribution in [1.29, 1.82) is 0 Å². The zero-order chi connectivity index (χ0) is 61.6. The van der Waals surface area contributed by atoms with Gasteiger partial charge in [-0.2, -0.15) is 0 Å². The fraction of sp³-hybridized carbons (Fsp3) is 0.422. The van der Waals surface area contributed by atoms with Gasteiger partial charge >= 0.3 is 0 Å². The molecule has 5 heteroatoms. The van der Waals surface area contributed by atoms with E-state index in [2.05, 4.69) is 272 Å². The van der Waals surface area contributed by atoms with Gasteiger partial charge in [-0.1, -0.05) is 190 Å². The zero-order valence-electron chi connectivity index (χ0n) is 56.0. The van der Waals surface area contributed by atoms with Crippen LogP contribution in [-0.4, -0.2) is 12.3 Å². The van der Waals surface area contributed by atoms with Crippen LogP contribution in [0.4, 0.5) is 45.5 Å². The van der Waals surface area contributed by atoms with E-state index in [1.165, 1.54) is 131 Å². The molecule has 4 nitrogen and oxygen atoms in total. The van der Waals surface area contributed by atoms with Crippen LogP contribution < -0.4 is 31.1 Å². The summed E-state index contributed by atoms with van der Waals surface area (Å²) in [5.41, 5.74) is 30.5. The van der Waals surface area contributed by atoms with Crippen LogP contribution >= 0.6 is 0 Å². The van der Waals surface area contributed by atoms with E-state index in [1.54, 1.807) is 0 Å². The molecule has 1 saturated carbocycles. The number of fused-ring (bicyclic) bond motifs is 13. The maximum atomic E-state index is 6.91. The van der Waals surface area contributed by atoms with Gasteiger partial charge in [0.05, 0.1) is 5.54 Å². The Bertz CT molecular complexity index is 4480. The highest BCUT2D eigenvalue weighted by Gasteiger charge is 2.59.